The Labute approximate surface area is 167 Å². The van der Waals surface area contributed by atoms with Crippen molar-refractivity contribution in [3.05, 3.63) is 70.8 Å². The summed E-state index contributed by atoms with van der Waals surface area (Å²) in [6.45, 7) is 6.03. The van der Waals surface area contributed by atoms with E-state index in [9.17, 15) is 14.0 Å². The zero-order chi connectivity index (χ0) is 19.9. The van der Waals surface area contributed by atoms with E-state index in [4.69, 9.17) is 8.92 Å². The van der Waals surface area contributed by atoms with Gasteiger partial charge in [0.25, 0.3) is 0 Å². The second-order valence-corrected chi connectivity index (χ2v) is 7.13. The molecule has 3 rings (SSSR count). The molecule has 1 aliphatic rings. The van der Waals surface area contributed by atoms with Gasteiger partial charge in [-0.1, -0.05) is 36.4 Å². The van der Waals surface area contributed by atoms with Crippen molar-refractivity contribution in [3.63, 3.8) is 0 Å². The molecule has 1 saturated heterocycles. The Morgan fingerprint density at radius 3 is 2.64 bits per heavy atom. The van der Waals surface area contributed by atoms with Gasteiger partial charge in [0.1, 0.15) is 17.1 Å². The Balaban J connectivity index is 1.88. The van der Waals surface area contributed by atoms with Crippen molar-refractivity contribution in [1.29, 1.82) is 5.26 Å². The number of hydrogen-bond donors (Lipinski definition) is 0. The molecule has 0 aromatic heterocycles. The SMILES string of the molecule is Cc1ccc(/C(=C/C#N)c2ccc(CN3CCOCC3)cc2)c(OS(=O)[O-])c1. The lowest BCUT2D eigenvalue weighted by atomic mass is 9.95. The molecule has 0 bridgehead atoms. The number of allylic oxidation sites excluding steroid dienone is 1. The number of morpholine rings is 1. The summed E-state index contributed by atoms with van der Waals surface area (Å²) in [5, 5.41) is 9.25. The quantitative estimate of drug-likeness (QED) is 0.550. The van der Waals surface area contributed by atoms with E-state index >= 15 is 0 Å². The van der Waals surface area contributed by atoms with Gasteiger partial charge in [0, 0.05) is 36.8 Å². The van der Waals surface area contributed by atoms with E-state index in [1.165, 1.54) is 11.6 Å². The first-order valence-corrected chi connectivity index (χ1v) is 9.94. The summed E-state index contributed by atoms with van der Waals surface area (Å²) in [4.78, 5) is 2.33. The highest BCUT2D eigenvalue weighted by Crippen LogP contribution is 2.32. The summed E-state index contributed by atoms with van der Waals surface area (Å²) >= 11 is -2.70. The molecular weight excluding hydrogens is 376 g/mol. The van der Waals surface area contributed by atoms with Crippen molar-refractivity contribution in [2.45, 2.75) is 13.5 Å². The van der Waals surface area contributed by atoms with E-state index in [2.05, 4.69) is 4.90 Å². The molecule has 1 atom stereocenters. The third-order valence-corrected chi connectivity index (χ3v) is 4.88. The number of benzene rings is 2. The van der Waals surface area contributed by atoms with E-state index in [0.29, 0.717) is 11.1 Å². The summed E-state index contributed by atoms with van der Waals surface area (Å²) in [5.74, 6) is 0.201. The highest BCUT2D eigenvalue weighted by molar-refractivity contribution is 7.74. The van der Waals surface area contributed by atoms with Gasteiger partial charge in [0.15, 0.2) is 0 Å². The molecule has 6 nitrogen and oxygen atoms in total. The predicted molar refractivity (Wildman–Crippen MR) is 106 cm³/mol. The van der Waals surface area contributed by atoms with Crippen LogP contribution in [-0.4, -0.2) is 40.0 Å². The van der Waals surface area contributed by atoms with Crippen molar-refractivity contribution >= 4 is 16.9 Å². The molecule has 2 aromatic carbocycles. The molecule has 0 radical (unpaired) electrons. The molecule has 0 N–H and O–H groups in total. The number of hydrogen-bond acceptors (Lipinski definition) is 6. The van der Waals surface area contributed by atoms with Gasteiger partial charge in [-0.05, 0) is 29.7 Å². The summed E-state index contributed by atoms with van der Waals surface area (Å²) < 4.78 is 32.4. The van der Waals surface area contributed by atoms with E-state index < -0.39 is 11.4 Å². The van der Waals surface area contributed by atoms with Gasteiger partial charge >= 0.3 is 0 Å². The average Bonchev–Trinajstić information content (AvgIpc) is 2.68. The van der Waals surface area contributed by atoms with Crippen molar-refractivity contribution < 1.29 is 17.7 Å². The minimum Gasteiger partial charge on any atom is -0.740 e. The van der Waals surface area contributed by atoms with Crippen LogP contribution in [-0.2, 0) is 22.6 Å². The van der Waals surface area contributed by atoms with E-state index in [1.54, 1.807) is 12.1 Å². The smallest absolute Gasteiger partial charge is 0.147 e. The maximum absolute atomic E-state index is 11.1. The lowest BCUT2D eigenvalue weighted by Crippen LogP contribution is -2.35. The predicted octanol–water partition coefficient (Wildman–Crippen LogP) is 2.96. The van der Waals surface area contributed by atoms with Crippen molar-refractivity contribution in [3.8, 4) is 11.8 Å². The molecule has 0 aliphatic carbocycles. The van der Waals surface area contributed by atoms with Gasteiger partial charge in [-0.15, -0.1) is 0 Å². The van der Waals surface area contributed by atoms with Gasteiger partial charge in [-0.2, -0.15) is 5.26 Å². The Kier molecular flexibility index (Phi) is 6.95. The zero-order valence-corrected chi connectivity index (χ0v) is 16.4. The second-order valence-electron chi connectivity index (χ2n) is 6.56. The molecule has 0 saturated carbocycles. The summed E-state index contributed by atoms with van der Waals surface area (Å²) in [6.07, 6.45) is 1.40. The first kappa shape index (κ1) is 20.2. The molecule has 0 spiro atoms. The largest absolute Gasteiger partial charge is 0.740 e. The molecule has 1 fully saturated rings. The maximum atomic E-state index is 11.1. The Morgan fingerprint density at radius 1 is 1.29 bits per heavy atom. The van der Waals surface area contributed by atoms with Gasteiger partial charge in [-0.3, -0.25) is 4.90 Å². The molecule has 146 valence electrons. The molecular formula is C21H21N2O4S-. The molecule has 1 heterocycles. The first-order valence-electron chi connectivity index (χ1n) is 8.94. The minimum absolute atomic E-state index is 0.201. The van der Waals surface area contributed by atoms with Crippen LogP contribution in [0.25, 0.3) is 5.57 Å². The summed E-state index contributed by atoms with van der Waals surface area (Å²) in [6, 6.07) is 15.2. The van der Waals surface area contributed by atoms with Crippen LogP contribution in [0.2, 0.25) is 0 Å². The van der Waals surface area contributed by atoms with Gasteiger partial charge < -0.3 is 13.5 Å². The zero-order valence-electron chi connectivity index (χ0n) is 15.6. The fraction of sp³-hybridized carbons (Fsp3) is 0.286. The van der Waals surface area contributed by atoms with Gasteiger partial charge in [0.2, 0.25) is 0 Å². The fourth-order valence-electron chi connectivity index (χ4n) is 3.18. The van der Waals surface area contributed by atoms with Crippen LogP contribution >= 0.6 is 0 Å². The second kappa shape index (κ2) is 9.62. The van der Waals surface area contributed by atoms with Gasteiger partial charge in [-0.25, -0.2) is 4.21 Å². The number of rotatable bonds is 6. The molecule has 7 heteroatoms. The van der Waals surface area contributed by atoms with Crippen LogP contribution in [0.1, 0.15) is 22.3 Å². The number of ether oxygens (including phenoxy) is 1. The Hall–Kier alpha value is -2.50. The van der Waals surface area contributed by atoms with Crippen LogP contribution in [0.15, 0.2) is 48.5 Å². The summed E-state index contributed by atoms with van der Waals surface area (Å²) in [7, 11) is 0. The molecule has 1 aliphatic heterocycles. The topological polar surface area (TPSA) is 85.6 Å². The van der Waals surface area contributed by atoms with Crippen molar-refractivity contribution in [2.75, 3.05) is 26.3 Å². The van der Waals surface area contributed by atoms with E-state index in [-0.39, 0.29) is 5.75 Å². The Bertz CT molecular complexity index is 913. The van der Waals surface area contributed by atoms with Crippen molar-refractivity contribution in [2.24, 2.45) is 0 Å². The summed E-state index contributed by atoms with van der Waals surface area (Å²) in [5.41, 5.74) is 4.01. The first-order chi connectivity index (χ1) is 13.6. The maximum Gasteiger partial charge on any atom is 0.147 e. The highest BCUT2D eigenvalue weighted by Gasteiger charge is 2.14. The highest BCUT2D eigenvalue weighted by atomic mass is 32.2. The Morgan fingerprint density at radius 2 is 2.00 bits per heavy atom. The number of aryl methyl sites for hydroxylation is 1. The molecule has 0 amide bonds. The third kappa shape index (κ3) is 5.27. The van der Waals surface area contributed by atoms with Crippen molar-refractivity contribution in [1.82, 2.24) is 4.90 Å². The molecule has 28 heavy (non-hydrogen) atoms. The lowest BCUT2D eigenvalue weighted by molar-refractivity contribution is 0.0342. The minimum atomic E-state index is -2.70. The van der Waals surface area contributed by atoms with E-state index in [0.717, 1.165) is 44.0 Å². The number of nitriles is 1. The fourth-order valence-corrected chi connectivity index (χ4v) is 3.47. The van der Waals surface area contributed by atoms with Crippen LogP contribution in [0.3, 0.4) is 0 Å². The van der Waals surface area contributed by atoms with Crippen LogP contribution in [0, 0.1) is 18.3 Å². The number of nitrogens with zero attached hydrogens (tertiary/aromatic N) is 2. The lowest BCUT2D eigenvalue weighted by Gasteiger charge is -2.26. The van der Waals surface area contributed by atoms with E-state index in [1.807, 2.05) is 43.3 Å². The van der Waals surface area contributed by atoms with Crippen LogP contribution in [0.4, 0.5) is 0 Å². The molecule has 2 aromatic rings. The average molecular weight is 397 g/mol. The van der Waals surface area contributed by atoms with Crippen LogP contribution in [0.5, 0.6) is 5.75 Å². The standard InChI is InChI=1S/C21H22N2O4S/c1-16-2-7-20(21(14-16)27-28(24)25)19(8-9-22)18-5-3-17(4-6-18)15-23-10-12-26-13-11-23/h2-8,14H,10-13,15H2,1H3,(H,24,25)/p-1/b19-8+. The van der Waals surface area contributed by atoms with Gasteiger partial charge in [0.05, 0.1) is 19.3 Å². The normalized spacial score (nSPS) is 16.4. The monoisotopic (exact) mass is 397 g/mol. The third-order valence-electron chi connectivity index (χ3n) is 4.57. The molecule has 1 unspecified atom stereocenters. The van der Waals surface area contributed by atoms with Crippen LogP contribution < -0.4 is 4.18 Å².